The summed E-state index contributed by atoms with van der Waals surface area (Å²) < 4.78 is 0. The number of unbranched alkanes of at least 4 members (excludes halogenated alkanes) is 5. The lowest BCUT2D eigenvalue weighted by Gasteiger charge is -2.25. The van der Waals surface area contributed by atoms with Crippen LogP contribution in [0.4, 0.5) is 0 Å². The summed E-state index contributed by atoms with van der Waals surface area (Å²) in [5, 5.41) is 1.34. The van der Waals surface area contributed by atoms with Crippen LogP contribution in [0.25, 0.3) is 0 Å². The molecular formula is C17H35ClS2. The molecule has 122 valence electrons. The summed E-state index contributed by atoms with van der Waals surface area (Å²) in [6, 6.07) is 0. The van der Waals surface area contributed by atoms with Crippen molar-refractivity contribution in [3.05, 3.63) is 0 Å². The standard InChI is InChI=1S/C17H35ClS2/c1-5-7-9-11-13-16(12-10-8-6-2)17(14-18)20-19-15(3)4/h15-17H,5-14H2,1-4H3/t16?,17-/m1/s1. The van der Waals surface area contributed by atoms with Crippen LogP contribution in [0.2, 0.25) is 0 Å². The van der Waals surface area contributed by atoms with Crippen molar-refractivity contribution in [2.75, 3.05) is 5.88 Å². The summed E-state index contributed by atoms with van der Waals surface area (Å²) in [6.45, 7) is 9.13. The van der Waals surface area contributed by atoms with Crippen LogP contribution in [0.15, 0.2) is 0 Å². The first-order valence-electron chi connectivity index (χ1n) is 8.53. The second kappa shape index (κ2) is 14.9. The summed E-state index contributed by atoms with van der Waals surface area (Å²) in [6.07, 6.45) is 12.4. The molecule has 0 nitrogen and oxygen atoms in total. The first-order chi connectivity index (χ1) is 9.65. The molecule has 0 aliphatic heterocycles. The van der Waals surface area contributed by atoms with Gasteiger partial charge in [0.1, 0.15) is 0 Å². The van der Waals surface area contributed by atoms with Gasteiger partial charge in [0.2, 0.25) is 0 Å². The van der Waals surface area contributed by atoms with Gasteiger partial charge in [0, 0.05) is 16.4 Å². The number of halogens is 1. The predicted octanol–water partition coefficient (Wildman–Crippen LogP) is 7.55. The van der Waals surface area contributed by atoms with E-state index >= 15 is 0 Å². The SMILES string of the molecule is CCCCCCC(CCCCC)[C@@H](CCl)SSC(C)C. The highest BCUT2D eigenvalue weighted by Gasteiger charge is 2.21. The highest BCUT2D eigenvalue weighted by atomic mass is 35.5. The van der Waals surface area contributed by atoms with E-state index in [1.54, 1.807) is 0 Å². The van der Waals surface area contributed by atoms with Gasteiger partial charge in [-0.2, -0.15) is 0 Å². The average molecular weight is 339 g/mol. The maximum atomic E-state index is 6.26. The molecule has 0 aromatic rings. The van der Waals surface area contributed by atoms with Crippen LogP contribution >= 0.6 is 33.2 Å². The molecule has 0 saturated heterocycles. The van der Waals surface area contributed by atoms with Crippen molar-refractivity contribution in [1.82, 2.24) is 0 Å². The van der Waals surface area contributed by atoms with E-state index in [1.807, 2.05) is 21.6 Å². The Morgan fingerprint density at radius 2 is 1.35 bits per heavy atom. The van der Waals surface area contributed by atoms with Gasteiger partial charge >= 0.3 is 0 Å². The van der Waals surface area contributed by atoms with Crippen LogP contribution in [-0.2, 0) is 0 Å². The quantitative estimate of drug-likeness (QED) is 0.182. The zero-order chi connectivity index (χ0) is 15.2. The smallest absolute Gasteiger partial charge is 0.0353 e. The van der Waals surface area contributed by atoms with Crippen LogP contribution in [0, 0.1) is 5.92 Å². The molecule has 0 fully saturated rings. The molecular weight excluding hydrogens is 304 g/mol. The number of hydrogen-bond donors (Lipinski definition) is 0. The van der Waals surface area contributed by atoms with Gasteiger partial charge in [0.15, 0.2) is 0 Å². The van der Waals surface area contributed by atoms with E-state index in [-0.39, 0.29) is 0 Å². The van der Waals surface area contributed by atoms with Crippen LogP contribution in [0.3, 0.4) is 0 Å². The molecule has 0 radical (unpaired) electrons. The monoisotopic (exact) mass is 338 g/mol. The molecule has 20 heavy (non-hydrogen) atoms. The highest BCUT2D eigenvalue weighted by Crippen LogP contribution is 2.38. The number of hydrogen-bond acceptors (Lipinski definition) is 2. The molecule has 0 aliphatic rings. The fourth-order valence-electron chi connectivity index (χ4n) is 2.42. The molecule has 2 atom stereocenters. The first-order valence-corrected chi connectivity index (χ1v) is 11.3. The minimum absolute atomic E-state index is 0.641. The Morgan fingerprint density at radius 3 is 1.85 bits per heavy atom. The van der Waals surface area contributed by atoms with E-state index in [1.165, 1.54) is 57.8 Å². The predicted molar refractivity (Wildman–Crippen MR) is 101 cm³/mol. The summed E-state index contributed by atoms with van der Waals surface area (Å²) >= 11 is 6.26. The Labute approximate surface area is 141 Å². The van der Waals surface area contributed by atoms with Gasteiger partial charge in [-0.3, -0.25) is 0 Å². The maximum absolute atomic E-state index is 6.26. The van der Waals surface area contributed by atoms with Gasteiger partial charge < -0.3 is 0 Å². The van der Waals surface area contributed by atoms with Crippen molar-refractivity contribution in [1.29, 1.82) is 0 Å². The third kappa shape index (κ3) is 11.6. The van der Waals surface area contributed by atoms with Gasteiger partial charge in [0.05, 0.1) is 0 Å². The van der Waals surface area contributed by atoms with Crippen molar-refractivity contribution in [2.24, 2.45) is 5.92 Å². The second-order valence-corrected chi connectivity index (χ2v) is 9.44. The van der Waals surface area contributed by atoms with Gasteiger partial charge in [-0.1, -0.05) is 94.2 Å². The van der Waals surface area contributed by atoms with Crippen LogP contribution in [0.5, 0.6) is 0 Å². The van der Waals surface area contributed by atoms with Gasteiger partial charge in [-0.25, -0.2) is 0 Å². The van der Waals surface area contributed by atoms with Crippen molar-refractivity contribution in [3.63, 3.8) is 0 Å². The van der Waals surface area contributed by atoms with E-state index in [4.69, 9.17) is 11.6 Å². The van der Waals surface area contributed by atoms with E-state index in [0.29, 0.717) is 10.5 Å². The zero-order valence-electron chi connectivity index (χ0n) is 14.0. The van der Waals surface area contributed by atoms with Crippen molar-refractivity contribution in [2.45, 2.75) is 96.0 Å². The van der Waals surface area contributed by atoms with Crippen LogP contribution in [0.1, 0.15) is 85.5 Å². The lowest BCUT2D eigenvalue weighted by atomic mass is 9.92. The molecule has 0 amide bonds. The summed E-state index contributed by atoms with van der Waals surface area (Å²) in [7, 11) is 4.05. The Bertz CT molecular complexity index is 197. The fraction of sp³-hybridized carbons (Fsp3) is 1.00. The summed E-state index contributed by atoms with van der Waals surface area (Å²) in [5.74, 6) is 1.64. The summed E-state index contributed by atoms with van der Waals surface area (Å²) in [5.41, 5.74) is 0. The van der Waals surface area contributed by atoms with E-state index in [9.17, 15) is 0 Å². The fourth-order valence-corrected chi connectivity index (χ4v) is 5.70. The number of rotatable bonds is 14. The highest BCUT2D eigenvalue weighted by molar-refractivity contribution is 8.77. The van der Waals surface area contributed by atoms with Crippen molar-refractivity contribution in [3.8, 4) is 0 Å². The lowest BCUT2D eigenvalue weighted by Crippen LogP contribution is -2.19. The second-order valence-electron chi connectivity index (χ2n) is 6.04. The third-order valence-corrected chi connectivity index (χ3v) is 7.70. The molecule has 0 aromatic carbocycles. The molecule has 0 aliphatic carbocycles. The molecule has 0 spiro atoms. The molecule has 0 aromatic heterocycles. The lowest BCUT2D eigenvalue weighted by molar-refractivity contribution is 0.408. The molecule has 0 saturated carbocycles. The third-order valence-electron chi connectivity index (χ3n) is 3.66. The van der Waals surface area contributed by atoms with E-state index < -0.39 is 0 Å². The van der Waals surface area contributed by atoms with Crippen molar-refractivity contribution >= 4 is 33.2 Å². The molecule has 1 unspecified atom stereocenters. The Balaban J connectivity index is 4.20. The van der Waals surface area contributed by atoms with Gasteiger partial charge in [-0.05, 0) is 18.8 Å². The summed E-state index contributed by atoms with van der Waals surface area (Å²) in [4.78, 5) is 0. The average Bonchev–Trinajstić information content (AvgIpc) is 2.43. The molecule has 0 N–H and O–H groups in total. The zero-order valence-corrected chi connectivity index (χ0v) is 16.4. The minimum atomic E-state index is 0.641. The molecule has 0 rings (SSSR count). The largest absolute Gasteiger partial charge is 0.125 e. The Kier molecular flexibility index (Phi) is 15.6. The molecule has 3 heteroatoms. The Hall–Kier alpha value is 0.990. The normalized spacial score (nSPS) is 14.7. The van der Waals surface area contributed by atoms with Crippen molar-refractivity contribution < 1.29 is 0 Å². The topological polar surface area (TPSA) is 0 Å². The van der Waals surface area contributed by atoms with Gasteiger partial charge in [0.25, 0.3) is 0 Å². The van der Waals surface area contributed by atoms with E-state index in [0.717, 1.165) is 11.8 Å². The molecule has 0 heterocycles. The van der Waals surface area contributed by atoms with Gasteiger partial charge in [-0.15, -0.1) is 11.6 Å². The maximum Gasteiger partial charge on any atom is 0.0353 e. The molecule has 0 bridgehead atoms. The Morgan fingerprint density at radius 1 is 0.800 bits per heavy atom. The first kappa shape index (κ1) is 21.0. The van der Waals surface area contributed by atoms with Crippen LogP contribution < -0.4 is 0 Å². The van der Waals surface area contributed by atoms with Crippen LogP contribution in [-0.4, -0.2) is 16.4 Å². The van der Waals surface area contributed by atoms with E-state index in [2.05, 4.69) is 27.7 Å². The number of alkyl halides is 1. The minimum Gasteiger partial charge on any atom is -0.125 e.